The first-order chi connectivity index (χ1) is 11.3. The second-order valence-corrected chi connectivity index (χ2v) is 6.73. The summed E-state index contributed by atoms with van der Waals surface area (Å²) < 4.78 is 14.1. The van der Waals surface area contributed by atoms with Gasteiger partial charge in [-0.15, -0.1) is 0 Å². The molecule has 1 saturated heterocycles. The lowest BCUT2D eigenvalue weighted by Gasteiger charge is -2.23. The molecule has 0 saturated carbocycles. The molecule has 2 unspecified atom stereocenters. The number of carbonyl (C=O) groups excluding carboxylic acids is 2. The number of aryl methyl sites for hydroxylation is 1. The number of rotatable bonds is 6. The zero-order valence-corrected chi connectivity index (χ0v) is 14.4. The van der Waals surface area contributed by atoms with Crippen LogP contribution >= 0.6 is 0 Å². The highest BCUT2D eigenvalue weighted by Crippen LogP contribution is 2.28. The van der Waals surface area contributed by atoms with Gasteiger partial charge in [0.15, 0.2) is 0 Å². The molecule has 2 rings (SSSR count). The largest absolute Gasteiger partial charge is 0.396 e. The zero-order chi connectivity index (χ0) is 17.9. The quantitative estimate of drug-likeness (QED) is 0.835. The van der Waals surface area contributed by atoms with Gasteiger partial charge < -0.3 is 15.3 Å². The van der Waals surface area contributed by atoms with Gasteiger partial charge in [0.1, 0.15) is 5.82 Å². The highest BCUT2D eigenvalue weighted by molar-refractivity contribution is 6.00. The van der Waals surface area contributed by atoms with E-state index in [2.05, 4.69) is 5.32 Å². The minimum Gasteiger partial charge on any atom is -0.396 e. The summed E-state index contributed by atoms with van der Waals surface area (Å²) in [6.45, 7) is 5.88. The number of amides is 2. The van der Waals surface area contributed by atoms with E-state index in [0.29, 0.717) is 6.42 Å². The topological polar surface area (TPSA) is 69.6 Å². The van der Waals surface area contributed by atoms with Crippen molar-refractivity contribution in [3.63, 3.8) is 0 Å². The standard InChI is InChI=1S/C18H25FN2O3/c1-11(2)15(6-7-22)20-18(24)13-9-17(23)21(10-13)16-5-4-12(3)8-14(16)19/h4-5,8,11,13,15,22H,6-7,9-10H2,1-3H3,(H,20,24). The fraction of sp³-hybridized carbons (Fsp3) is 0.556. The number of aliphatic hydroxyl groups is 1. The van der Waals surface area contributed by atoms with Gasteiger partial charge in [0.2, 0.25) is 11.8 Å². The van der Waals surface area contributed by atoms with Gasteiger partial charge in [-0.1, -0.05) is 19.9 Å². The van der Waals surface area contributed by atoms with Crippen LogP contribution in [0.2, 0.25) is 0 Å². The number of hydrogen-bond acceptors (Lipinski definition) is 3. The summed E-state index contributed by atoms with van der Waals surface area (Å²) >= 11 is 0. The third-order valence-corrected chi connectivity index (χ3v) is 4.46. The van der Waals surface area contributed by atoms with Crippen LogP contribution in [0.5, 0.6) is 0 Å². The van der Waals surface area contributed by atoms with Gasteiger partial charge in [0, 0.05) is 25.6 Å². The van der Waals surface area contributed by atoms with Crippen molar-refractivity contribution in [3.8, 4) is 0 Å². The number of halogens is 1. The highest BCUT2D eigenvalue weighted by Gasteiger charge is 2.36. The number of nitrogens with zero attached hydrogens (tertiary/aromatic N) is 1. The summed E-state index contributed by atoms with van der Waals surface area (Å²) in [7, 11) is 0. The van der Waals surface area contributed by atoms with Crippen LogP contribution in [-0.2, 0) is 9.59 Å². The molecule has 1 aliphatic heterocycles. The fourth-order valence-electron chi connectivity index (χ4n) is 2.96. The number of benzene rings is 1. The molecule has 2 N–H and O–H groups in total. The first-order valence-electron chi connectivity index (χ1n) is 8.31. The second kappa shape index (κ2) is 7.75. The second-order valence-electron chi connectivity index (χ2n) is 6.73. The first kappa shape index (κ1) is 18.4. The maximum Gasteiger partial charge on any atom is 0.227 e. The fourth-order valence-corrected chi connectivity index (χ4v) is 2.96. The number of hydrogen-bond donors (Lipinski definition) is 2. The Morgan fingerprint density at radius 1 is 1.46 bits per heavy atom. The highest BCUT2D eigenvalue weighted by atomic mass is 19.1. The summed E-state index contributed by atoms with van der Waals surface area (Å²) in [5.74, 6) is -1.24. The van der Waals surface area contributed by atoms with Gasteiger partial charge in [-0.3, -0.25) is 9.59 Å². The van der Waals surface area contributed by atoms with Crippen LogP contribution in [0.3, 0.4) is 0 Å². The summed E-state index contributed by atoms with van der Waals surface area (Å²) in [4.78, 5) is 26.0. The van der Waals surface area contributed by atoms with E-state index in [1.165, 1.54) is 11.0 Å². The predicted octanol–water partition coefficient (Wildman–Crippen LogP) is 2.01. The smallest absolute Gasteiger partial charge is 0.227 e. The molecule has 2 amide bonds. The maximum absolute atomic E-state index is 14.1. The van der Waals surface area contributed by atoms with Crippen molar-refractivity contribution in [2.75, 3.05) is 18.1 Å². The summed E-state index contributed by atoms with van der Waals surface area (Å²) in [6, 6.07) is 4.56. The Bertz CT molecular complexity index is 618. The molecular weight excluding hydrogens is 311 g/mol. The number of aliphatic hydroxyl groups excluding tert-OH is 1. The molecule has 24 heavy (non-hydrogen) atoms. The SMILES string of the molecule is Cc1ccc(N2CC(C(=O)NC(CCO)C(C)C)CC2=O)c(F)c1. The molecule has 1 fully saturated rings. The van der Waals surface area contributed by atoms with Gasteiger partial charge >= 0.3 is 0 Å². The van der Waals surface area contributed by atoms with Crippen molar-refractivity contribution in [3.05, 3.63) is 29.6 Å². The lowest BCUT2D eigenvalue weighted by atomic mass is 9.99. The van der Waals surface area contributed by atoms with Gasteiger partial charge in [0.25, 0.3) is 0 Å². The molecule has 0 radical (unpaired) electrons. The number of anilines is 1. The average molecular weight is 336 g/mol. The van der Waals surface area contributed by atoms with Crippen LogP contribution in [0, 0.1) is 24.6 Å². The first-order valence-corrected chi connectivity index (χ1v) is 8.31. The normalized spacial score (nSPS) is 19.0. The third kappa shape index (κ3) is 4.12. The third-order valence-electron chi connectivity index (χ3n) is 4.46. The van der Waals surface area contributed by atoms with Gasteiger partial charge in [-0.25, -0.2) is 4.39 Å². The van der Waals surface area contributed by atoms with Crippen LogP contribution < -0.4 is 10.2 Å². The molecule has 0 aliphatic carbocycles. The lowest BCUT2D eigenvalue weighted by molar-refractivity contribution is -0.127. The summed E-state index contributed by atoms with van der Waals surface area (Å²) in [5, 5.41) is 12.0. The maximum atomic E-state index is 14.1. The number of nitrogens with one attached hydrogen (secondary N) is 1. The molecule has 1 aromatic rings. The Labute approximate surface area is 141 Å². The molecule has 132 valence electrons. The molecule has 2 atom stereocenters. The van der Waals surface area contributed by atoms with Gasteiger partial charge in [-0.2, -0.15) is 0 Å². The Hall–Kier alpha value is -1.95. The van der Waals surface area contributed by atoms with E-state index in [-0.39, 0.29) is 49.0 Å². The monoisotopic (exact) mass is 336 g/mol. The Balaban J connectivity index is 2.07. The average Bonchev–Trinajstić information content (AvgIpc) is 2.88. The van der Waals surface area contributed by atoms with Crippen LogP contribution in [0.1, 0.15) is 32.3 Å². The predicted molar refractivity (Wildman–Crippen MR) is 90.1 cm³/mol. The van der Waals surface area contributed by atoms with Crippen LogP contribution in [-0.4, -0.2) is 36.1 Å². The van der Waals surface area contributed by atoms with Crippen molar-refractivity contribution in [2.24, 2.45) is 11.8 Å². The van der Waals surface area contributed by atoms with Crippen LogP contribution in [0.4, 0.5) is 10.1 Å². The summed E-state index contributed by atoms with van der Waals surface area (Å²) in [5.41, 5.74) is 0.998. The molecule has 0 aromatic heterocycles. The molecule has 1 aliphatic rings. The minimum atomic E-state index is -0.502. The van der Waals surface area contributed by atoms with Crippen LogP contribution in [0.25, 0.3) is 0 Å². The van der Waals surface area contributed by atoms with E-state index in [1.54, 1.807) is 19.1 Å². The van der Waals surface area contributed by atoms with Gasteiger partial charge in [-0.05, 0) is 37.0 Å². The van der Waals surface area contributed by atoms with Gasteiger partial charge in [0.05, 0.1) is 11.6 Å². The Morgan fingerprint density at radius 3 is 2.75 bits per heavy atom. The van der Waals surface area contributed by atoms with E-state index in [4.69, 9.17) is 5.11 Å². The van der Waals surface area contributed by atoms with E-state index >= 15 is 0 Å². The molecule has 6 heteroatoms. The van der Waals surface area contributed by atoms with E-state index in [1.807, 2.05) is 13.8 Å². The molecule has 0 spiro atoms. The summed E-state index contributed by atoms with van der Waals surface area (Å²) in [6.07, 6.45) is 0.545. The van der Waals surface area contributed by atoms with Crippen molar-refractivity contribution < 1.29 is 19.1 Å². The van der Waals surface area contributed by atoms with Crippen molar-refractivity contribution >= 4 is 17.5 Å². The number of carbonyl (C=O) groups is 2. The van der Waals surface area contributed by atoms with Crippen molar-refractivity contribution in [1.29, 1.82) is 0 Å². The van der Waals surface area contributed by atoms with Crippen LogP contribution in [0.15, 0.2) is 18.2 Å². The van der Waals surface area contributed by atoms with Crippen molar-refractivity contribution in [1.82, 2.24) is 5.32 Å². The molecule has 1 heterocycles. The molecular formula is C18H25FN2O3. The Kier molecular flexibility index (Phi) is 5.94. The molecule has 5 nitrogen and oxygen atoms in total. The van der Waals surface area contributed by atoms with E-state index in [9.17, 15) is 14.0 Å². The zero-order valence-electron chi connectivity index (χ0n) is 14.4. The minimum absolute atomic E-state index is 0.00652. The Morgan fingerprint density at radius 2 is 2.17 bits per heavy atom. The lowest BCUT2D eigenvalue weighted by Crippen LogP contribution is -2.43. The van der Waals surface area contributed by atoms with E-state index in [0.717, 1.165) is 5.56 Å². The van der Waals surface area contributed by atoms with Crippen molar-refractivity contribution in [2.45, 2.75) is 39.7 Å². The van der Waals surface area contributed by atoms with E-state index < -0.39 is 11.7 Å². The molecule has 0 bridgehead atoms. The molecule has 1 aromatic carbocycles.